The number of rotatable bonds is 5. The van der Waals surface area contributed by atoms with Crippen molar-refractivity contribution in [3.63, 3.8) is 0 Å². The Morgan fingerprint density at radius 1 is 0.868 bits per heavy atom. The molecule has 4 aromatic rings. The van der Waals surface area contributed by atoms with Crippen molar-refractivity contribution >= 4 is 11.7 Å². The van der Waals surface area contributed by atoms with Crippen LogP contribution in [-0.2, 0) is 30.5 Å². The molecule has 0 bridgehead atoms. The molecule has 0 saturated heterocycles. The third kappa shape index (κ3) is 4.81. The fraction of sp³-hybridized carbons (Fsp3) is 0.179. The monoisotopic (exact) mass is 525 g/mol. The number of carbonyl (C=O) groups is 1. The highest BCUT2D eigenvalue weighted by atomic mass is 19.2. The largest absolute Gasteiger partial charge is 0.508 e. The number of fused-ring (bicyclic) bond motifs is 3. The van der Waals surface area contributed by atoms with Crippen molar-refractivity contribution in [3.8, 4) is 17.0 Å². The number of nitrogens with zero attached hydrogens (tertiary/aromatic N) is 2. The molecule has 38 heavy (non-hydrogen) atoms. The Labute approximate surface area is 214 Å². The van der Waals surface area contributed by atoms with Crippen LogP contribution in [0.2, 0.25) is 0 Å². The Morgan fingerprint density at radius 3 is 2.26 bits per heavy atom. The maximum atomic E-state index is 14.2. The lowest BCUT2D eigenvalue weighted by Crippen LogP contribution is -2.21. The van der Waals surface area contributed by atoms with Gasteiger partial charge in [0.25, 0.3) is 0 Å². The maximum absolute atomic E-state index is 14.2. The Kier molecular flexibility index (Phi) is 6.79. The summed E-state index contributed by atoms with van der Waals surface area (Å²) in [4.78, 5) is 22.2. The Bertz CT molecular complexity index is 1530. The number of anilines is 1. The molecule has 0 spiro atoms. The summed E-state index contributed by atoms with van der Waals surface area (Å²) in [5.41, 5.74) is 2.79. The molecular weight excluding hydrogens is 505 g/mol. The fourth-order valence-corrected chi connectivity index (χ4v) is 4.51. The summed E-state index contributed by atoms with van der Waals surface area (Å²) in [6.45, 7) is 0. The summed E-state index contributed by atoms with van der Waals surface area (Å²) in [5.74, 6) is -11.5. The standard InChI is InChI=1S/C28H20F5N3O2/c29-22-18(23(30)25(32)26(33)24(22)31)13-21(38)36-28-20(11-14-5-2-1-3-6-14)34-27-17-10-9-16(37)12-15(17)7-4-8-19(27)35-28/h1-3,5-6,9-10,12,37H,4,7-8,11,13H2,(H,35,36,38). The zero-order chi connectivity index (χ0) is 27.0. The van der Waals surface area contributed by atoms with Crippen molar-refractivity contribution in [2.24, 2.45) is 0 Å². The molecule has 0 aliphatic heterocycles. The van der Waals surface area contributed by atoms with E-state index in [1.807, 2.05) is 30.3 Å². The molecule has 5 rings (SSSR count). The van der Waals surface area contributed by atoms with E-state index in [9.17, 15) is 31.9 Å². The Balaban J connectivity index is 1.54. The summed E-state index contributed by atoms with van der Waals surface area (Å²) in [6, 6.07) is 14.1. The molecular formula is C28H20F5N3O2. The number of aryl methyl sites for hydroxylation is 2. The van der Waals surface area contributed by atoms with Crippen LogP contribution < -0.4 is 5.32 Å². The number of halogens is 5. The molecule has 5 nitrogen and oxygen atoms in total. The second kappa shape index (κ2) is 10.2. The lowest BCUT2D eigenvalue weighted by atomic mass is 10.0. The number of aromatic nitrogens is 2. The number of hydrogen-bond donors (Lipinski definition) is 2. The molecule has 0 radical (unpaired) electrons. The van der Waals surface area contributed by atoms with Gasteiger partial charge in [-0.25, -0.2) is 31.9 Å². The van der Waals surface area contributed by atoms with Crippen molar-refractivity contribution in [2.75, 3.05) is 5.32 Å². The molecule has 2 N–H and O–H groups in total. The predicted octanol–water partition coefficient (Wildman–Crippen LogP) is 5.81. The van der Waals surface area contributed by atoms with Gasteiger partial charge in [0.15, 0.2) is 29.1 Å². The average Bonchev–Trinajstić information content (AvgIpc) is 3.08. The first-order valence-corrected chi connectivity index (χ1v) is 11.8. The third-order valence-electron chi connectivity index (χ3n) is 6.35. The van der Waals surface area contributed by atoms with E-state index < -0.39 is 47.0 Å². The molecule has 10 heteroatoms. The molecule has 0 atom stereocenters. The lowest BCUT2D eigenvalue weighted by molar-refractivity contribution is -0.115. The zero-order valence-electron chi connectivity index (χ0n) is 19.8. The summed E-state index contributed by atoms with van der Waals surface area (Å²) in [5, 5.41) is 12.4. The first-order valence-electron chi connectivity index (χ1n) is 11.8. The highest BCUT2D eigenvalue weighted by Crippen LogP contribution is 2.34. The number of hydrogen-bond acceptors (Lipinski definition) is 4. The van der Waals surface area contributed by atoms with E-state index in [1.54, 1.807) is 18.2 Å². The summed E-state index contributed by atoms with van der Waals surface area (Å²) >= 11 is 0. The van der Waals surface area contributed by atoms with Gasteiger partial charge in [-0.3, -0.25) is 4.79 Å². The van der Waals surface area contributed by atoms with Gasteiger partial charge in [0.2, 0.25) is 11.7 Å². The predicted molar refractivity (Wildman–Crippen MR) is 129 cm³/mol. The van der Waals surface area contributed by atoms with Crippen LogP contribution in [0.1, 0.15) is 34.5 Å². The van der Waals surface area contributed by atoms with E-state index in [-0.39, 0.29) is 18.0 Å². The Morgan fingerprint density at radius 2 is 1.55 bits per heavy atom. The van der Waals surface area contributed by atoms with E-state index in [0.29, 0.717) is 36.3 Å². The van der Waals surface area contributed by atoms with Crippen LogP contribution in [-0.4, -0.2) is 21.0 Å². The van der Waals surface area contributed by atoms with E-state index in [1.165, 1.54) is 0 Å². The number of phenols is 1. The number of aromatic hydroxyl groups is 1. The quantitative estimate of drug-likeness (QED) is 0.196. The third-order valence-corrected chi connectivity index (χ3v) is 6.35. The molecule has 0 unspecified atom stereocenters. The van der Waals surface area contributed by atoms with Crippen LogP contribution >= 0.6 is 0 Å². The molecule has 0 fully saturated rings. The minimum absolute atomic E-state index is 0.0312. The van der Waals surface area contributed by atoms with Crippen molar-refractivity contribution in [1.82, 2.24) is 9.97 Å². The van der Waals surface area contributed by atoms with Crippen molar-refractivity contribution in [1.29, 1.82) is 0 Å². The number of nitrogens with one attached hydrogen (secondary N) is 1. The first kappa shape index (κ1) is 25.3. The molecule has 1 heterocycles. The van der Waals surface area contributed by atoms with Crippen LogP contribution in [0, 0.1) is 29.1 Å². The highest BCUT2D eigenvalue weighted by Gasteiger charge is 2.28. The SMILES string of the molecule is O=C(Cc1c(F)c(F)c(F)c(F)c1F)Nc1nc2c(nc1Cc1ccccc1)-c1ccc(O)cc1CCC2. The van der Waals surface area contributed by atoms with Crippen LogP contribution in [0.4, 0.5) is 27.8 Å². The van der Waals surface area contributed by atoms with Gasteiger partial charge in [-0.1, -0.05) is 30.3 Å². The van der Waals surface area contributed by atoms with Gasteiger partial charge in [0.1, 0.15) is 5.75 Å². The lowest BCUT2D eigenvalue weighted by Gasteiger charge is -2.16. The number of carbonyl (C=O) groups excluding carboxylic acids is 1. The van der Waals surface area contributed by atoms with E-state index >= 15 is 0 Å². The summed E-state index contributed by atoms with van der Waals surface area (Å²) in [6.07, 6.45) is 1.000. The van der Waals surface area contributed by atoms with E-state index in [0.717, 1.165) is 16.7 Å². The Hall–Kier alpha value is -4.34. The van der Waals surface area contributed by atoms with Crippen molar-refractivity contribution in [2.45, 2.75) is 32.1 Å². The molecule has 1 aromatic heterocycles. The molecule has 0 saturated carbocycles. The zero-order valence-corrected chi connectivity index (χ0v) is 19.8. The number of benzene rings is 3. The summed E-state index contributed by atoms with van der Waals surface area (Å²) < 4.78 is 69.0. The molecule has 3 aromatic carbocycles. The highest BCUT2D eigenvalue weighted by molar-refractivity contribution is 5.92. The van der Waals surface area contributed by atoms with Gasteiger partial charge in [-0.15, -0.1) is 0 Å². The molecule has 1 aliphatic rings. The minimum Gasteiger partial charge on any atom is -0.508 e. The van der Waals surface area contributed by atoms with Gasteiger partial charge in [0, 0.05) is 17.5 Å². The first-order chi connectivity index (χ1) is 18.2. The van der Waals surface area contributed by atoms with Gasteiger partial charge in [0.05, 0.1) is 23.5 Å². The molecule has 194 valence electrons. The van der Waals surface area contributed by atoms with Crippen LogP contribution in [0.25, 0.3) is 11.3 Å². The van der Waals surface area contributed by atoms with Gasteiger partial charge in [-0.05, 0) is 48.6 Å². The smallest absolute Gasteiger partial charge is 0.230 e. The van der Waals surface area contributed by atoms with Crippen molar-refractivity contribution < 1.29 is 31.9 Å². The van der Waals surface area contributed by atoms with Crippen LogP contribution in [0.15, 0.2) is 48.5 Å². The minimum atomic E-state index is -2.29. The van der Waals surface area contributed by atoms with Crippen LogP contribution in [0.3, 0.4) is 0 Å². The van der Waals surface area contributed by atoms with Crippen molar-refractivity contribution in [3.05, 3.63) is 106 Å². The van der Waals surface area contributed by atoms with E-state index in [4.69, 9.17) is 4.98 Å². The number of amides is 1. The molecule has 1 aliphatic carbocycles. The topological polar surface area (TPSA) is 75.1 Å². The second-order valence-corrected chi connectivity index (χ2v) is 8.95. The van der Waals surface area contributed by atoms with Crippen LogP contribution in [0.5, 0.6) is 5.75 Å². The van der Waals surface area contributed by atoms with Gasteiger partial charge in [-0.2, -0.15) is 0 Å². The van der Waals surface area contributed by atoms with Gasteiger partial charge < -0.3 is 10.4 Å². The van der Waals surface area contributed by atoms with Gasteiger partial charge >= 0.3 is 0 Å². The number of phenolic OH excluding ortho intramolecular Hbond substituents is 1. The second-order valence-electron chi connectivity index (χ2n) is 8.95. The normalized spacial score (nSPS) is 12.4. The van der Waals surface area contributed by atoms with E-state index in [2.05, 4.69) is 10.3 Å². The fourth-order valence-electron chi connectivity index (χ4n) is 4.51. The maximum Gasteiger partial charge on any atom is 0.230 e. The summed E-state index contributed by atoms with van der Waals surface area (Å²) in [7, 11) is 0. The average molecular weight is 525 g/mol. The molecule has 1 amide bonds.